The van der Waals surface area contributed by atoms with Gasteiger partial charge in [-0.05, 0) is 37.4 Å². The minimum Gasteiger partial charge on any atom is -0.367 e. The Morgan fingerprint density at radius 2 is 1.89 bits per heavy atom. The van der Waals surface area contributed by atoms with Crippen molar-refractivity contribution in [3.63, 3.8) is 0 Å². The molecule has 3 N–H and O–H groups in total. The summed E-state index contributed by atoms with van der Waals surface area (Å²) in [5, 5.41) is 5.31. The molecule has 0 atom stereocenters. The van der Waals surface area contributed by atoms with Crippen molar-refractivity contribution in [1.29, 1.82) is 0 Å². The van der Waals surface area contributed by atoms with E-state index in [1.807, 2.05) is 7.05 Å². The maximum Gasteiger partial charge on any atom is 0.262 e. The van der Waals surface area contributed by atoms with Gasteiger partial charge in [0, 0.05) is 44.1 Å². The molecular formula is C25H23F2N9O2. The summed E-state index contributed by atoms with van der Waals surface area (Å²) < 4.78 is 29.9. The van der Waals surface area contributed by atoms with Gasteiger partial charge in [0.1, 0.15) is 17.0 Å². The van der Waals surface area contributed by atoms with Crippen LogP contribution in [0.2, 0.25) is 0 Å². The molecule has 0 radical (unpaired) electrons. The third-order valence-electron chi connectivity index (χ3n) is 6.09. The molecule has 1 aliphatic heterocycles. The molecule has 194 valence electrons. The summed E-state index contributed by atoms with van der Waals surface area (Å²) in [6.45, 7) is 6.09. The van der Waals surface area contributed by atoms with Gasteiger partial charge in [-0.15, -0.1) is 0 Å². The van der Waals surface area contributed by atoms with E-state index < -0.39 is 23.1 Å². The maximum absolute atomic E-state index is 15.0. The van der Waals surface area contributed by atoms with E-state index in [0.717, 1.165) is 19.2 Å². The van der Waals surface area contributed by atoms with Crippen molar-refractivity contribution in [3.8, 4) is 11.4 Å². The topological polar surface area (TPSA) is 132 Å². The summed E-state index contributed by atoms with van der Waals surface area (Å²) in [6.07, 6.45) is 3.79. The first-order valence-electron chi connectivity index (χ1n) is 11.7. The Labute approximate surface area is 215 Å². The molecule has 38 heavy (non-hydrogen) atoms. The first kappa shape index (κ1) is 24.9. The lowest BCUT2D eigenvalue weighted by Gasteiger charge is -2.34. The number of benzene rings is 1. The number of carbonyl (C=O) groups excluding carboxylic acids is 1. The van der Waals surface area contributed by atoms with Gasteiger partial charge in [0.2, 0.25) is 11.9 Å². The largest absolute Gasteiger partial charge is 0.367 e. The fourth-order valence-electron chi connectivity index (χ4n) is 4.00. The molecular weight excluding hydrogens is 496 g/mol. The molecule has 0 spiro atoms. The van der Waals surface area contributed by atoms with E-state index in [1.165, 1.54) is 30.6 Å². The molecule has 1 amide bonds. The van der Waals surface area contributed by atoms with Gasteiger partial charge in [-0.1, -0.05) is 6.58 Å². The summed E-state index contributed by atoms with van der Waals surface area (Å²) in [5.41, 5.74) is 0.0310. The normalized spacial score (nSPS) is 13.9. The highest BCUT2D eigenvalue weighted by atomic mass is 19.2. The molecule has 11 nitrogen and oxygen atoms in total. The van der Waals surface area contributed by atoms with Crippen LogP contribution in [0.5, 0.6) is 0 Å². The van der Waals surface area contributed by atoms with Crippen molar-refractivity contribution in [2.24, 2.45) is 0 Å². The van der Waals surface area contributed by atoms with E-state index in [0.29, 0.717) is 18.7 Å². The Kier molecular flexibility index (Phi) is 6.75. The van der Waals surface area contributed by atoms with Gasteiger partial charge in [0.05, 0.1) is 11.4 Å². The summed E-state index contributed by atoms with van der Waals surface area (Å²) in [7, 11) is 1.98. The second-order valence-electron chi connectivity index (χ2n) is 8.64. The first-order chi connectivity index (χ1) is 18.3. The van der Waals surface area contributed by atoms with Gasteiger partial charge in [0.15, 0.2) is 17.3 Å². The van der Waals surface area contributed by atoms with Crippen LogP contribution in [0.15, 0.2) is 54.1 Å². The highest BCUT2D eigenvalue weighted by Gasteiger charge is 2.22. The van der Waals surface area contributed by atoms with Crippen molar-refractivity contribution < 1.29 is 13.6 Å². The number of aromatic nitrogens is 5. The van der Waals surface area contributed by atoms with Gasteiger partial charge < -0.3 is 25.4 Å². The summed E-state index contributed by atoms with van der Waals surface area (Å²) >= 11 is 0. The van der Waals surface area contributed by atoms with Crippen molar-refractivity contribution in [3.05, 3.63) is 71.3 Å². The first-order valence-corrected chi connectivity index (χ1v) is 11.7. The number of pyridine rings is 1. The Balaban J connectivity index is 1.43. The van der Waals surface area contributed by atoms with Crippen LogP contribution in [0.4, 0.5) is 31.9 Å². The number of nitrogens with one attached hydrogen (secondary N) is 3. The molecule has 5 rings (SSSR count). The number of aromatic amines is 1. The average molecular weight is 520 g/mol. The van der Waals surface area contributed by atoms with E-state index >= 15 is 0 Å². The van der Waals surface area contributed by atoms with Crippen LogP contribution in [0.1, 0.15) is 0 Å². The number of H-pyrrole nitrogens is 1. The number of likely N-dealkylation sites (N-methyl/N-ethyl adjacent to an activating group) is 1. The van der Waals surface area contributed by atoms with Gasteiger partial charge >= 0.3 is 0 Å². The molecule has 1 fully saturated rings. The lowest BCUT2D eigenvalue weighted by molar-refractivity contribution is -0.111. The highest BCUT2D eigenvalue weighted by molar-refractivity contribution is 5.98. The molecule has 0 unspecified atom stereocenters. The zero-order chi connectivity index (χ0) is 26.8. The molecule has 3 aromatic heterocycles. The molecule has 0 bridgehead atoms. The minimum atomic E-state index is -1.06. The monoisotopic (exact) mass is 519 g/mol. The number of anilines is 4. The highest BCUT2D eigenvalue weighted by Crippen LogP contribution is 2.29. The van der Waals surface area contributed by atoms with E-state index in [4.69, 9.17) is 0 Å². The second kappa shape index (κ2) is 10.3. The lowest BCUT2D eigenvalue weighted by Crippen LogP contribution is -2.44. The third kappa shape index (κ3) is 5.04. The molecule has 1 aliphatic rings. The summed E-state index contributed by atoms with van der Waals surface area (Å²) in [4.78, 5) is 47.5. The fourth-order valence-corrected chi connectivity index (χ4v) is 4.00. The van der Waals surface area contributed by atoms with Crippen LogP contribution in [-0.2, 0) is 4.79 Å². The lowest BCUT2D eigenvalue weighted by atomic mass is 10.2. The Bertz CT molecular complexity index is 1600. The van der Waals surface area contributed by atoms with Crippen molar-refractivity contribution in [2.45, 2.75) is 0 Å². The fraction of sp³-hybridized carbons (Fsp3) is 0.200. The van der Waals surface area contributed by atoms with E-state index in [1.54, 1.807) is 11.0 Å². The third-order valence-corrected chi connectivity index (χ3v) is 6.09. The smallest absolute Gasteiger partial charge is 0.262 e. The predicted octanol–water partition coefficient (Wildman–Crippen LogP) is 2.67. The zero-order valence-corrected chi connectivity index (χ0v) is 20.3. The van der Waals surface area contributed by atoms with E-state index in [2.05, 4.69) is 47.0 Å². The maximum atomic E-state index is 15.0. The SMILES string of the molecule is C=CC(=O)Nc1cc(-c2nc3nc(Nc4ccc(N5CCN(C)CC5)c(F)c4F)ncc3c(=O)[nH]2)ccn1. The molecule has 13 heteroatoms. The molecule has 1 aromatic carbocycles. The van der Waals surface area contributed by atoms with Crippen molar-refractivity contribution in [1.82, 2.24) is 29.8 Å². The van der Waals surface area contributed by atoms with Gasteiger partial charge in [-0.2, -0.15) is 4.98 Å². The second-order valence-corrected chi connectivity index (χ2v) is 8.64. The van der Waals surface area contributed by atoms with Crippen LogP contribution in [0.3, 0.4) is 0 Å². The number of fused-ring (bicyclic) bond motifs is 1. The summed E-state index contributed by atoms with van der Waals surface area (Å²) in [5.74, 6) is -2.14. The number of carbonyl (C=O) groups is 1. The number of hydrogen-bond acceptors (Lipinski definition) is 9. The molecule has 0 aliphatic carbocycles. The van der Waals surface area contributed by atoms with Crippen molar-refractivity contribution >= 4 is 40.1 Å². The van der Waals surface area contributed by atoms with Gasteiger partial charge in [-0.25, -0.2) is 23.7 Å². The Morgan fingerprint density at radius 3 is 2.66 bits per heavy atom. The Morgan fingerprint density at radius 1 is 1.11 bits per heavy atom. The van der Waals surface area contributed by atoms with Crippen LogP contribution in [0, 0.1) is 11.6 Å². The zero-order valence-electron chi connectivity index (χ0n) is 20.3. The predicted molar refractivity (Wildman–Crippen MR) is 139 cm³/mol. The van der Waals surface area contributed by atoms with Gasteiger partial charge in [0.25, 0.3) is 5.56 Å². The number of hydrogen-bond donors (Lipinski definition) is 3. The number of rotatable bonds is 6. The minimum absolute atomic E-state index is 0.0321. The van der Waals surface area contributed by atoms with Crippen LogP contribution in [-0.4, -0.2) is 69.0 Å². The summed E-state index contributed by atoms with van der Waals surface area (Å²) in [6, 6.07) is 6.05. The number of amides is 1. The molecule has 0 saturated carbocycles. The van der Waals surface area contributed by atoms with E-state index in [9.17, 15) is 18.4 Å². The van der Waals surface area contributed by atoms with Crippen molar-refractivity contribution in [2.75, 3.05) is 48.8 Å². The quantitative estimate of drug-likeness (QED) is 0.329. The number of nitrogens with zero attached hydrogens (tertiary/aromatic N) is 6. The van der Waals surface area contributed by atoms with Crippen LogP contribution < -0.4 is 21.1 Å². The molecule has 1 saturated heterocycles. The van der Waals surface area contributed by atoms with Crippen LogP contribution >= 0.6 is 0 Å². The van der Waals surface area contributed by atoms with E-state index in [-0.39, 0.29) is 40.0 Å². The van der Waals surface area contributed by atoms with Gasteiger partial charge in [-0.3, -0.25) is 9.59 Å². The molecule has 4 heterocycles. The number of piperazine rings is 1. The average Bonchev–Trinajstić information content (AvgIpc) is 2.92. The number of halogens is 2. The molecule has 4 aromatic rings. The van der Waals surface area contributed by atoms with Crippen LogP contribution in [0.25, 0.3) is 22.4 Å². The Hall–Kier alpha value is -4.78. The standard InChI is InChI=1S/C25H23F2N9O2/c1-3-19(37)31-18-12-14(6-7-28-18)22-32-23-15(24(38)33-22)13-29-25(34-23)30-16-4-5-17(21(27)20(16)26)36-10-8-35(2)9-11-36/h3-7,12-13H,1,8-11H2,2H3,(H,28,31,37)(H2,29,30,32,33,34,38).